The number of benzene rings is 2. The van der Waals surface area contributed by atoms with Gasteiger partial charge in [0, 0.05) is 0 Å². The van der Waals surface area contributed by atoms with Crippen LogP contribution in [0.4, 0.5) is 4.39 Å². The van der Waals surface area contributed by atoms with E-state index in [1.54, 1.807) is 36.4 Å². The van der Waals surface area contributed by atoms with Crippen LogP contribution in [0.2, 0.25) is 0 Å². The molecule has 0 saturated heterocycles. The Kier molecular flexibility index (Phi) is 5.37. The maximum Gasteiger partial charge on any atom is 0.258 e. The molecule has 1 amide bonds. The van der Waals surface area contributed by atoms with E-state index in [9.17, 15) is 9.18 Å². The molecule has 0 bridgehead atoms. The number of rotatable bonds is 7. The van der Waals surface area contributed by atoms with Crippen LogP contribution in [0.3, 0.4) is 0 Å². The van der Waals surface area contributed by atoms with Crippen molar-refractivity contribution in [3.05, 3.63) is 60.2 Å². The van der Waals surface area contributed by atoms with Gasteiger partial charge in [0.15, 0.2) is 23.9 Å². The summed E-state index contributed by atoms with van der Waals surface area (Å²) >= 11 is 0. The summed E-state index contributed by atoms with van der Waals surface area (Å²) in [5, 5.41) is 14.0. The molecule has 0 aliphatic carbocycles. The topological polar surface area (TPSA) is 91.2 Å². The van der Waals surface area contributed by atoms with Gasteiger partial charge in [-0.1, -0.05) is 12.1 Å². The lowest BCUT2D eigenvalue weighted by Gasteiger charge is -2.10. The molecule has 2 aromatic carbocycles. The number of aromatic nitrogens is 4. The molecule has 0 unspecified atom stereocenters. The number of ether oxygens (including phenoxy) is 2. The molecule has 0 saturated carbocycles. The molecular weight excluding hydrogens is 341 g/mol. The first-order valence-corrected chi connectivity index (χ1v) is 7.73. The summed E-state index contributed by atoms with van der Waals surface area (Å²) in [4.78, 5) is 12.0. The van der Waals surface area contributed by atoms with Gasteiger partial charge in [0.25, 0.3) is 5.91 Å². The first kappa shape index (κ1) is 17.3. The summed E-state index contributed by atoms with van der Waals surface area (Å²) in [5.74, 6) is 0.721. The van der Waals surface area contributed by atoms with Crippen LogP contribution in [0.15, 0.2) is 48.5 Å². The van der Waals surface area contributed by atoms with Crippen LogP contribution < -0.4 is 14.8 Å². The molecule has 0 fully saturated rings. The zero-order chi connectivity index (χ0) is 18.4. The van der Waals surface area contributed by atoms with Crippen molar-refractivity contribution in [3.8, 4) is 17.2 Å². The number of methoxy groups -OCH3 is 1. The predicted molar refractivity (Wildman–Crippen MR) is 89.4 cm³/mol. The van der Waals surface area contributed by atoms with E-state index in [0.717, 1.165) is 0 Å². The van der Waals surface area contributed by atoms with Gasteiger partial charge in [-0.05, 0) is 46.8 Å². The van der Waals surface area contributed by atoms with Gasteiger partial charge in [-0.2, -0.15) is 4.68 Å². The molecule has 0 atom stereocenters. The van der Waals surface area contributed by atoms with Gasteiger partial charge in [-0.3, -0.25) is 4.79 Å². The van der Waals surface area contributed by atoms with Gasteiger partial charge in [0.05, 0.1) is 19.3 Å². The molecule has 9 heteroatoms. The molecule has 0 radical (unpaired) electrons. The summed E-state index contributed by atoms with van der Waals surface area (Å²) in [6, 6.07) is 12.7. The highest BCUT2D eigenvalue weighted by molar-refractivity contribution is 5.77. The van der Waals surface area contributed by atoms with E-state index in [2.05, 4.69) is 20.8 Å². The predicted octanol–water partition coefficient (Wildman–Crippen LogP) is 1.51. The van der Waals surface area contributed by atoms with Crippen LogP contribution >= 0.6 is 0 Å². The fraction of sp³-hybridized carbons (Fsp3) is 0.176. The molecule has 1 heterocycles. The number of hydrogen-bond acceptors (Lipinski definition) is 6. The highest BCUT2D eigenvalue weighted by Crippen LogP contribution is 2.25. The fourth-order valence-corrected chi connectivity index (χ4v) is 2.21. The van der Waals surface area contributed by atoms with Crippen molar-refractivity contribution in [2.24, 2.45) is 0 Å². The minimum absolute atomic E-state index is 0.0957. The Balaban J connectivity index is 1.57. The summed E-state index contributed by atoms with van der Waals surface area (Å²) < 4.78 is 25.0. The van der Waals surface area contributed by atoms with Crippen molar-refractivity contribution in [2.45, 2.75) is 6.54 Å². The maximum absolute atomic E-state index is 13.0. The van der Waals surface area contributed by atoms with Crippen molar-refractivity contribution < 1.29 is 18.7 Å². The van der Waals surface area contributed by atoms with E-state index in [1.807, 2.05) is 0 Å². The Hall–Kier alpha value is -3.49. The number of amides is 1. The normalized spacial score (nSPS) is 10.4. The van der Waals surface area contributed by atoms with Gasteiger partial charge >= 0.3 is 0 Å². The standard InChI is InChI=1S/C17H16FN5O3/c1-25-14-4-2-3-5-15(14)26-11-17(24)19-10-16-20-21-22-23(16)13-8-6-12(18)7-9-13/h2-9H,10-11H2,1H3,(H,19,24). The zero-order valence-corrected chi connectivity index (χ0v) is 13.9. The fourth-order valence-electron chi connectivity index (χ4n) is 2.21. The van der Waals surface area contributed by atoms with E-state index in [4.69, 9.17) is 9.47 Å². The van der Waals surface area contributed by atoms with Crippen LogP contribution in [-0.4, -0.2) is 39.8 Å². The molecule has 0 aliphatic rings. The smallest absolute Gasteiger partial charge is 0.258 e. The third-order valence-electron chi connectivity index (χ3n) is 3.48. The third-order valence-corrected chi connectivity index (χ3v) is 3.48. The van der Waals surface area contributed by atoms with E-state index in [-0.39, 0.29) is 24.9 Å². The molecule has 26 heavy (non-hydrogen) atoms. The van der Waals surface area contributed by atoms with Crippen molar-refractivity contribution in [1.29, 1.82) is 0 Å². The van der Waals surface area contributed by atoms with Gasteiger partial charge in [-0.25, -0.2) is 4.39 Å². The lowest BCUT2D eigenvalue weighted by Crippen LogP contribution is -2.29. The minimum Gasteiger partial charge on any atom is -0.493 e. The zero-order valence-electron chi connectivity index (χ0n) is 13.9. The largest absolute Gasteiger partial charge is 0.493 e. The van der Waals surface area contributed by atoms with E-state index < -0.39 is 0 Å². The number of halogens is 1. The Morgan fingerprint density at radius 2 is 1.88 bits per heavy atom. The quantitative estimate of drug-likeness (QED) is 0.689. The van der Waals surface area contributed by atoms with Crippen LogP contribution in [0.1, 0.15) is 5.82 Å². The number of nitrogens with zero attached hydrogens (tertiary/aromatic N) is 4. The van der Waals surface area contributed by atoms with Gasteiger partial charge in [0.1, 0.15) is 5.82 Å². The Bertz CT molecular complexity index is 882. The summed E-state index contributed by atoms with van der Waals surface area (Å²) in [6.45, 7) is -0.0863. The van der Waals surface area contributed by atoms with E-state index in [0.29, 0.717) is 23.0 Å². The number of carbonyl (C=O) groups excluding carboxylic acids is 1. The maximum atomic E-state index is 13.0. The Morgan fingerprint density at radius 1 is 1.15 bits per heavy atom. The molecule has 134 valence electrons. The number of carbonyl (C=O) groups is 1. The van der Waals surface area contributed by atoms with Crippen LogP contribution in [-0.2, 0) is 11.3 Å². The second-order valence-corrected chi connectivity index (χ2v) is 5.20. The average Bonchev–Trinajstić information content (AvgIpc) is 3.14. The molecule has 3 rings (SSSR count). The summed E-state index contributed by atoms with van der Waals surface area (Å²) in [6.07, 6.45) is 0. The SMILES string of the molecule is COc1ccccc1OCC(=O)NCc1nnnn1-c1ccc(F)cc1. The monoisotopic (exact) mass is 357 g/mol. The van der Waals surface area contributed by atoms with Crippen molar-refractivity contribution in [3.63, 3.8) is 0 Å². The first-order valence-electron chi connectivity index (χ1n) is 7.73. The van der Waals surface area contributed by atoms with Crippen molar-refractivity contribution in [2.75, 3.05) is 13.7 Å². The highest BCUT2D eigenvalue weighted by Gasteiger charge is 2.11. The second kappa shape index (κ2) is 8.06. The van der Waals surface area contributed by atoms with Gasteiger partial charge in [0.2, 0.25) is 0 Å². The Morgan fingerprint density at radius 3 is 2.62 bits per heavy atom. The molecule has 8 nitrogen and oxygen atoms in total. The van der Waals surface area contributed by atoms with Crippen molar-refractivity contribution >= 4 is 5.91 Å². The highest BCUT2D eigenvalue weighted by atomic mass is 19.1. The molecule has 0 aliphatic heterocycles. The number of para-hydroxylation sites is 2. The molecular formula is C17H16FN5O3. The molecule has 3 aromatic rings. The number of nitrogens with one attached hydrogen (secondary N) is 1. The molecule has 1 N–H and O–H groups in total. The van der Waals surface area contributed by atoms with E-state index >= 15 is 0 Å². The Labute approximate surface area is 148 Å². The van der Waals surface area contributed by atoms with Crippen LogP contribution in [0.5, 0.6) is 11.5 Å². The van der Waals surface area contributed by atoms with Crippen molar-refractivity contribution in [1.82, 2.24) is 25.5 Å². The van der Waals surface area contributed by atoms with Gasteiger partial charge in [-0.15, -0.1) is 5.10 Å². The first-order chi connectivity index (χ1) is 12.7. The third kappa shape index (κ3) is 4.12. The molecule has 1 aromatic heterocycles. The average molecular weight is 357 g/mol. The molecule has 0 spiro atoms. The van der Waals surface area contributed by atoms with Crippen LogP contribution in [0, 0.1) is 5.82 Å². The minimum atomic E-state index is -0.356. The summed E-state index contributed by atoms with van der Waals surface area (Å²) in [7, 11) is 1.53. The van der Waals surface area contributed by atoms with E-state index in [1.165, 1.54) is 23.9 Å². The second-order valence-electron chi connectivity index (χ2n) is 5.20. The lowest BCUT2D eigenvalue weighted by atomic mass is 10.3. The number of hydrogen-bond donors (Lipinski definition) is 1. The van der Waals surface area contributed by atoms with Crippen LogP contribution in [0.25, 0.3) is 5.69 Å². The van der Waals surface area contributed by atoms with Gasteiger partial charge < -0.3 is 14.8 Å². The number of tetrazole rings is 1. The summed E-state index contributed by atoms with van der Waals surface area (Å²) in [5.41, 5.74) is 0.589. The lowest BCUT2D eigenvalue weighted by molar-refractivity contribution is -0.123.